The van der Waals surface area contributed by atoms with Crippen LogP contribution in [0.4, 0.5) is 0 Å². The lowest BCUT2D eigenvalue weighted by molar-refractivity contribution is -0.0314. The second kappa shape index (κ2) is 5.38. The Balaban J connectivity index is 1.91. The molecular weight excluding hydrogens is 228 g/mol. The molecule has 1 aliphatic carbocycles. The van der Waals surface area contributed by atoms with Crippen LogP contribution < -0.4 is 10.1 Å². The molecule has 2 rings (SSSR count). The van der Waals surface area contributed by atoms with Crippen LogP contribution in [0.3, 0.4) is 0 Å². The number of rotatable bonds is 5. The molecule has 0 amide bonds. The lowest BCUT2D eigenvalue weighted by Crippen LogP contribution is -2.45. The lowest BCUT2D eigenvalue weighted by Gasteiger charge is -2.36. The van der Waals surface area contributed by atoms with Gasteiger partial charge in [-0.05, 0) is 37.0 Å². The van der Waals surface area contributed by atoms with Crippen molar-refractivity contribution >= 4 is 0 Å². The summed E-state index contributed by atoms with van der Waals surface area (Å²) in [6.07, 6.45) is 2.89. The monoisotopic (exact) mass is 246 g/mol. The Morgan fingerprint density at radius 1 is 1.50 bits per heavy atom. The summed E-state index contributed by atoms with van der Waals surface area (Å²) in [7, 11) is 1.56. The first kappa shape index (κ1) is 12.9. The van der Waals surface area contributed by atoms with Crippen molar-refractivity contribution in [3.05, 3.63) is 29.3 Å². The number of ether oxygens (including phenoxy) is 1. The Morgan fingerprint density at radius 2 is 2.28 bits per heavy atom. The van der Waals surface area contributed by atoms with Gasteiger partial charge < -0.3 is 15.2 Å². The van der Waals surface area contributed by atoms with Gasteiger partial charge in [-0.15, -0.1) is 0 Å². The highest BCUT2D eigenvalue weighted by Crippen LogP contribution is 2.30. The molecule has 1 fully saturated rings. The van der Waals surface area contributed by atoms with E-state index in [0.717, 1.165) is 24.8 Å². The number of nitrogens with zero attached hydrogens (tertiary/aromatic N) is 1. The fourth-order valence-corrected chi connectivity index (χ4v) is 2.14. The number of hydrogen-bond donors (Lipinski definition) is 2. The fraction of sp³-hybridized carbons (Fsp3) is 0.500. The normalized spacial score (nSPS) is 16.7. The zero-order valence-corrected chi connectivity index (χ0v) is 10.6. The second-order valence-corrected chi connectivity index (χ2v) is 4.83. The molecule has 0 atom stereocenters. The highest BCUT2D eigenvalue weighted by Gasteiger charge is 2.33. The van der Waals surface area contributed by atoms with Gasteiger partial charge >= 0.3 is 0 Å². The van der Waals surface area contributed by atoms with E-state index in [1.807, 2.05) is 12.1 Å². The zero-order chi connectivity index (χ0) is 13.0. The second-order valence-electron chi connectivity index (χ2n) is 4.83. The first-order valence-corrected chi connectivity index (χ1v) is 6.17. The molecule has 4 heteroatoms. The van der Waals surface area contributed by atoms with Crippen molar-refractivity contribution in [3.8, 4) is 11.8 Å². The Labute approximate surface area is 107 Å². The Kier molecular flexibility index (Phi) is 3.85. The highest BCUT2D eigenvalue weighted by atomic mass is 16.5. The lowest BCUT2D eigenvalue weighted by atomic mass is 9.80. The molecule has 4 nitrogen and oxygen atoms in total. The van der Waals surface area contributed by atoms with Gasteiger partial charge in [-0.25, -0.2) is 0 Å². The molecule has 18 heavy (non-hydrogen) atoms. The van der Waals surface area contributed by atoms with Crippen LogP contribution in [-0.4, -0.2) is 24.4 Å². The minimum absolute atomic E-state index is 0.503. The quantitative estimate of drug-likeness (QED) is 0.827. The molecule has 96 valence electrons. The van der Waals surface area contributed by atoms with E-state index in [9.17, 15) is 5.11 Å². The highest BCUT2D eigenvalue weighted by molar-refractivity contribution is 5.45. The Bertz CT molecular complexity index is 461. The van der Waals surface area contributed by atoms with Crippen LogP contribution in [0, 0.1) is 11.3 Å². The Morgan fingerprint density at radius 3 is 2.83 bits per heavy atom. The summed E-state index contributed by atoms with van der Waals surface area (Å²) in [5.41, 5.74) is 1.09. The third kappa shape index (κ3) is 2.81. The predicted octanol–water partition coefficient (Wildman–Crippen LogP) is 1.57. The van der Waals surface area contributed by atoms with E-state index in [1.54, 1.807) is 13.2 Å². The summed E-state index contributed by atoms with van der Waals surface area (Å²) in [5.74, 6) is 0.596. The van der Waals surface area contributed by atoms with Gasteiger partial charge in [0.15, 0.2) is 0 Å². The molecule has 0 aromatic heterocycles. The van der Waals surface area contributed by atoms with Crippen molar-refractivity contribution in [1.29, 1.82) is 5.26 Å². The van der Waals surface area contributed by atoms with E-state index in [0.29, 0.717) is 24.4 Å². The number of benzene rings is 1. The number of nitrogens with one attached hydrogen (secondary N) is 1. The first-order chi connectivity index (χ1) is 8.67. The van der Waals surface area contributed by atoms with E-state index in [4.69, 9.17) is 10.00 Å². The molecule has 1 aliphatic rings. The summed E-state index contributed by atoms with van der Waals surface area (Å²) in [6, 6.07) is 7.60. The average Bonchev–Trinajstić information content (AvgIpc) is 2.36. The van der Waals surface area contributed by atoms with Crippen molar-refractivity contribution in [2.45, 2.75) is 31.4 Å². The van der Waals surface area contributed by atoms with Crippen molar-refractivity contribution in [1.82, 2.24) is 5.32 Å². The summed E-state index contributed by atoms with van der Waals surface area (Å²) in [5, 5.41) is 22.1. The number of aliphatic hydroxyl groups is 1. The largest absolute Gasteiger partial charge is 0.495 e. The molecule has 0 bridgehead atoms. The van der Waals surface area contributed by atoms with E-state index in [-0.39, 0.29) is 0 Å². The SMILES string of the molecule is COc1cc(CNCC2(O)CCC2)ccc1C#N. The maximum atomic E-state index is 9.94. The zero-order valence-electron chi connectivity index (χ0n) is 10.6. The summed E-state index contributed by atoms with van der Waals surface area (Å²) < 4.78 is 5.16. The maximum Gasteiger partial charge on any atom is 0.136 e. The van der Waals surface area contributed by atoms with Crippen molar-refractivity contribution in [2.24, 2.45) is 0 Å². The van der Waals surface area contributed by atoms with E-state index in [2.05, 4.69) is 11.4 Å². The smallest absolute Gasteiger partial charge is 0.136 e. The van der Waals surface area contributed by atoms with Crippen LogP contribution in [0.25, 0.3) is 0 Å². The average molecular weight is 246 g/mol. The van der Waals surface area contributed by atoms with Gasteiger partial charge in [-0.1, -0.05) is 6.07 Å². The molecule has 1 saturated carbocycles. The van der Waals surface area contributed by atoms with Crippen LogP contribution >= 0.6 is 0 Å². The third-order valence-corrected chi connectivity index (χ3v) is 3.45. The minimum Gasteiger partial charge on any atom is -0.495 e. The van der Waals surface area contributed by atoms with Crippen molar-refractivity contribution in [2.75, 3.05) is 13.7 Å². The minimum atomic E-state index is -0.503. The molecule has 0 spiro atoms. The number of methoxy groups -OCH3 is 1. The van der Waals surface area contributed by atoms with E-state index in [1.165, 1.54) is 0 Å². The Hall–Kier alpha value is -1.57. The van der Waals surface area contributed by atoms with E-state index < -0.39 is 5.60 Å². The van der Waals surface area contributed by atoms with Crippen molar-refractivity contribution < 1.29 is 9.84 Å². The predicted molar refractivity (Wildman–Crippen MR) is 68.2 cm³/mol. The van der Waals surface area contributed by atoms with Gasteiger partial charge in [0.2, 0.25) is 0 Å². The van der Waals surface area contributed by atoms with Crippen LogP contribution in [0.2, 0.25) is 0 Å². The number of hydrogen-bond acceptors (Lipinski definition) is 4. The van der Waals surface area contributed by atoms with Gasteiger partial charge in [0.1, 0.15) is 11.8 Å². The third-order valence-electron chi connectivity index (χ3n) is 3.45. The van der Waals surface area contributed by atoms with Crippen LogP contribution in [0.1, 0.15) is 30.4 Å². The van der Waals surface area contributed by atoms with Gasteiger partial charge in [-0.2, -0.15) is 5.26 Å². The van der Waals surface area contributed by atoms with Gasteiger partial charge in [0.25, 0.3) is 0 Å². The molecule has 0 heterocycles. The molecule has 0 unspecified atom stereocenters. The maximum absolute atomic E-state index is 9.94. The summed E-state index contributed by atoms with van der Waals surface area (Å²) >= 11 is 0. The molecule has 1 aromatic rings. The van der Waals surface area contributed by atoms with Gasteiger partial charge in [0, 0.05) is 13.1 Å². The molecule has 0 saturated heterocycles. The van der Waals surface area contributed by atoms with Crippen LogP contribution in [-0.2, 0) is 6.54 Å². The van der Waals surface area contributed by atoms with Crippen LogP contribution in [0.5, 0.6) is 5.75 Å². The molecule has 2 N–H and O–H groups in total. The molecule has 0 radical (unpaired) electrons. The molecular formula is C14H18N2O2. The first-order valence-electron chi connectivity index (χ1n) is 6.17. The van der Waals surface area contributed by atoms with E-state index >= 15 is 0 Å². The standard InChI is InChI=1S/C14H18N2O2/c1-18-13-7-11(3-4-12(13)8-15)9-16-10-14(17)5-2-6-14/h3-4,7,16-17H,2,5-6,9-10H2,1H3. The molecule has 0 aliphatic heterocycles. The summed E-state index contributed by atoms with van der Waals surface area (Å²) in [4.78, 5) is 0. The van der Waals surface area contributed by atoms with Crippen LogP contribution in [0.15, 0.2) is 18.2 Å². The molecule has 1 aromatic carbocycles. The van der Waals surface area contributed by atoms with Gasteiger partial charge in [0.05, 0.1) is 18.3 Å². The van der Waals surface area contributed by atoms with Gasteiger partial charge in [-0.3, -0.25) is 0 Å². The number of nitriles is 1. The fourth-order valence-electron chi connectivity index (χ4n) is 2.14. The van der Waals surface area contributed by atoms with Crippen molar-refractivity contribution in [3.63, 3.8) is 0 Å². The summed E-state index contributed by atoms with van der Waals surface area (Å²) in [6.45, 7) is 1.29. The topological polar surface area (TPSA) is 65.3 Å².